The van der Waals surface area contributed by atoms with Crippen LogP contribution >= 0.6 is 0 Å². The van der Waals surface area contributed by atoms with Crippen LogP contribution in [0.1, 0.15) is 42.4 Å². The fraction of sp³-hybridized carbons (Fsp3) is 0.562. The van der Waals surface area contributed by atoms with Crippen molar-refractivity contribution in [3.63, 3.8) is 0 Å². The van der Waals surface area contributed by atoms with E-state index in [1.807, 2.05) is 19.1 Å². The predicted molar refractivity (Wildman–Crippen MR) is 76.0 cm³/mol. The fourth-order valence-corrected chi connectivity index (χ4v) is 2.72. The maximum atomic E-state index is 12.0. The zero-order valence-electron chi connectivity index (χ0n) is 11.8. The second kappa shape index (κ2) is 6.20. The molecular weight excluding hydrogens is 238 g/mol. The first-order chi connectivity index (χ1) is 9.04. The van der Waals surface area contributed by atoms with Crippen molar-refractivity contribution in [3.8, 4) is 0 Å². The van der Waals surface area contributed by atoms with Crippen molar-refractivity contribution in [3.05, 3.63) is 34.9 Å². The molecule has 1 fully saturated rings. The van der Waals surface area contributed by atoms with Crippen LogP contribution in [0.2, 0.25) is 0 Å². The lowest BCUT2D eigenvalue weighted by Gasteiger charge is -2.26. The lowest BCUT2D eigenvalue weighted by atomic mass is 9.93. The molecule has 1 aromatic rings. The minimum Gasteiger partial charge on any atom is -0.393 e. The van der Waals surface area contributed by atoms with Crippen molar-refractivity contribution in [1.29, 1.82) is 0 Å². The first kappa shape index (κ1) is 14.1. The summed E-state index contributed by atoms with van der Waals surface area (Å²) in [6, 6.07) is 6.43. The van der Waals surface area contributed by atoms with Crippen molar-refractivity contribution in [1.82, 2.24) is 5.32 Å². The molecule has 104 valence electrons. The van der Waals surface area contributed by atoms with E-state index in [0.29, 0.717) is 6.42 Å². The Morgan fingerprint density at radius 2 is 1.95 bits per heavy atom. The highest BCUT2D eigenvalue weighted by atomic mass is 16.3. The third-order valence-corrected chi connectivity index (χ3v) is 3.91. The standard InChI is InChI=1S/C16H23NO2/c1-11-3-4-13(12(2)9-11)10-16(19)17-14-5-7-15(18)8-6-14/h3-4,9,14-15,18H,5-8,10H2,1-2H3,(H,17,19). The second-order valence-electron chi connectivity index (χ2n) is 5.68. The Hall–Kier alpha value is -1.35. The van der Waals surface area contributed by atoms with Gasteiger partial charge in [0.25, 0.3) is 0 Å². The van der Waals surface area contributed by atoms with Crippen LogP contribution in [0.3, 0.4) is 0 Å². The number of rotatable bonds is 3. The molecule has 1 aliphatic carbocycles. The highest BCUT2D eigenvalue weighted by Gasteiger charge is 2.20. The number of aliphatic hydroxyl groups is 1. The number of amides is 1. The van der Waals surface area contributed by atoms with E-state index < -0.39 is 0 Å². The molecule has 0 saturated heterocycles. The number of carbonyl (C=O) groups excluding carboxylic acids is 1. The van der Waals surface area contributed by atoms with Gasteiger partial charge in [0.1, 0.15) is 0 Å². The van der Waals surface area contributed by atoms with Crippen LogP contribution in [0, 0.1) is 13.8 Å². The van der Waals surface area contributed by atoms with Gasteiger partial charge in [0, 0.05) is 6.04 Å². The van der Waals surface area contributed by atoms with Gasteiger partial charge in [-0.3, -0.25) is 4.79 Å². The van der Waals surface area contributed by atoms with Gasteiger partial charge in [-0.15, -0.1) is 0 Å². The number of hydrogen-bond donors (Lipinski definition) is 2. The van der Waals surface area contributed by atoms with E-state index >= 15 is 0 Å². The number of hydrogen-bond acceptors (Lipinski definition) is 2. The van der Waals surface area contributed by atoms with Gasteiger partial charge in [0.15, 0.2) is 0 Å². The van der Waals surface area contributed by atoms with Crippen LogP contribution in [0.4, 0.5) is 0 Å². The summed E-state index contributed by atoms with van der Waals surface area (Å²) in [5, 5.41) is 12.5. The molecule has 1 aromatic carbocycles. The molecule has 2 rings (SSSR count). The van der Waals surface area contributed by atoms with E-state index in [9.17, 15) is 9.90 Å². The first-order valence-electron chi connectivity index (χ1n) is 7.08. The topological polar surface area (TPSA) is 49.3 Å². The lowest BCUT2D eigenvalue weighted by Crippen LogP contribution is -2.39. The molecule has 2 N–H and O–H groups in total. The fourth-order valence-electron chi connectivity index (χ4n) is 2.72. The molecule has 1 aliphatic rings. The Morgan fingerprint density at radius 3 is 2.58 bits per heavy atom. The Morgan fingerprint density at radius 1 is 1.26 bits per heavy atom. The molecule has 1 saturated carbocycles. The van der Waals surface area contributed by atoms with Gasteiger partial charge in [0.2, 0.25) is 5.91 Å². The molecule has 0 atom stereocenters. The molecule has 3 heteroatoms. The molecule has 3 nitrogen and oxygen atoms in total. The number of aliphatic hydroxyl groups excluding tert-OH is 1. The van der Waals surface area contributed by atoms with Crippen LogP contribution in [-0.4, -0.2) is 23.2 Å². The summed E-state index contributed by atoms with van der Waals surface area (Å²) in [4.78, 5) is 12.0. The Kier molecular flexibility index (Phi) is 4.59. The summed E-state index contributed by atoms with van der Waals surface area (Å²) in [5.41, 5.74) is 3.50. The summed E-state index contributed by atoms with van der Waals surface area (Å²) >= 11 is 0. The van der Waals surface area contributed by atoms with Crippen molar-refractivity contribution in [2.75, 3.05) is 0 Å². The van der Waals surface area contributed by atoms with Gasteiger partial charge in [-0.2, -0.15) is 0 Å². The molecule has 0 unspecified atom stereocenters. The van der Waals surface area contributed by atoms with Gasteiger partial charge in [-0.25, -0.2) is 0 Å². The van der Waals surface area contributed by atoms with E-state index in [2.05, 4.69) is 18.3 Å². The molecular formula is C16H23NO2. The average molecular weight is 261 g/mol. The molecule has 0 aromatic heterocycles. The third-order valence-electron chi connectivity index (χ3n) is 3.91. The zero-order chi connectivity index (χ0) is 13.8. The maximum Gasteiger partial charge on any atom is 0.224 e. The molecule has 0 heterocycles. The largest absolute Gasteiger partial charge is 0.393 e. The lowest BCUT2D eigenvalue weighted by molar-refractivity contribution is -0.121. The maximum absolute atomic E-state index is 12.0. The summed E-state index contributed by atoms with van der Waals surface area (Å²) < 4.78 is 0. The minimum atomic E-state index is -0.174. The quantitative estimate of drug-likeness (QED) is 0.877. The highest BCUT2D eigenvalue weighted by Crippen LogP contribution is 2.18. The Bertz CT molecular complexity index is 448. The first-order valence-corrected chi connectivity index (χ1v) is 7.08. The van der Waals surface area contributed by atoms with Gasteiger partial charge in [0.05, 0.1) is 12.5 Å². The molecule has 0 radical (unpaired) electrons. The van der Waals surface area contributed by atoms with Crippen LogP contribution in [0.25, 0.3) is 0 Å². The van der Waals surface area contributed by atoms with Crippen molar-refractivity contribution in [2.45, 2.75) is 58.1 Å². The summed E-state index contributed by atoms with van der Waals surface area (Å²) in [7, 11) is 0. The summed E-state index contributed by atoms with van der Waals surface area (Å²) in [6.07, 6.45) is 3.65. The second-order valence-corrected chi connectivity index (χ2v) is 5.68. The van der Waals surface area contributed by atoms with Crippen molar-refractivity contribution < 1.29 is 9.90 Å². The van der Waals surface area contributed by atoms with Crippen molar-refractivity contribution in [2.24, 2.45) is 0 Å². The summed E-state index contributed by atoms with van der Waals surface area (Å²) in [6.45, 7) is 4.11. The number of aryl methyl sites for hydroxylation is 2. The van der Waals surface area contributed by atoms with Gasteiger partial charge >= 0.3 is 0 Å². The Labute approximate surface area is 115 Å². The predicted octanol–water partition coefficient (Wildman–Crippen LogP) is 2.27. The third kappa shape index (κ3) is 4.06. The van der Waals surface area contributed by atoms with Crippen LogP contribution in [0.5, 0.6) is 0 Å². The van der Waals surface area contributed by atoms with E-state index in [4.69, 9.17) is 0 Å². The SMILES string of the molecule is Cc1ccc(CC(=O)NC2CCC(O)CC2)c(C)c1. The molecule has 1 amide bonds. The normalized spacial score (nSPS) is 23.1. The van der Waals surface area contributed by atoms with Gasteiger partial charge in [-0.1, -0.05) is 23.8 Å². The zero-order valence-corrected chi connectivity index (χ0v) is 11.8. The van der Waals surface area contributed by atoms with Gasteiger partial charge in [-0.05, 0) is 50.7 Å². The number of nitrogens with one attached hydrogen (secondary N) is 1. The average Bonchev–Trinajstić information content (AvgIpc) is 2.36. The van der Waals surface area contributed by atoms with E-state index in [-0.39, 0.29) is 18.1 Å². The molecule has 0 bridgehead atoms. The summed E-state index contributed by atoms with van der Waals surface area (Å²) in [5.74, 6) is 0.0911. The number of benzene rings is 1. The van der Waals surface area contributed by atoms with Crippen molar-refractivity contribution >= 4 is 5.91 Å². The Balaban J connectivity index is 1.87. The smallest absolute Gasteiger partial charge is 0.224 e. The van der Waals surface area contributed by atoms with Crippen LogP contribution in [-0.2, 0) is 11.2 Å². The van der Waals surface area contributed by atoms with Crippen LogP contribution < -0.4 is 5.32 Å². The van der Waals surface area contributed by atoms with Crippen LogP contribution in [0.15, 0.2) is 18.2 Å². The van der Waals surface area contributed by atoms with E-state index in [1.54, 1.807) is 0 Å². The monoisotopic (exact) mass is 261 g/mol. The minimum absolute atomic E-state index is 0.0911. The highest BCUT2D eigenvalue weighted by molar-refractivity contribution is 5.79. The molecule has 0 aliphatic heterocycles. The number of carbonyl (C=O) groups is 1. The molecule has 0 spiro atoms. The van der Waals surface area contributed by atoms with E-state index in [0.717, 1.165) is 31.2 Å². The van der Waals surface area contributed by atoms with Gasteiger partial charge < -0.3 is 10.4 Å². The van der Waals surface area contributed by atoms with E-state index in [1.165, 1.54) is 11.1 Å². The molecule has 19 heavy (non-hydrogen) atoms.